The number of hydrogen-bond acceptors (Lipinski definition) is 6. The molecular formula is C23H26N2O6. The van der Waals surface area contributed by atoms with Gasteiger partial charge in [-0.1, -0.05) is 18.2 Å². The lowest BCUT2D eigenvalue weighted by Crippen LogP contribution is -3.14. The molecule has 1 unspecified atom stereocenters. The molecule has 1 fully saturated rings. The summed E-state index contributed by atoms with van der Waals surface area (Å²) in [4.78, 5) is 29.0. The van der Waals surface area contributed by atoms with Crippen LogP contribution in [0.25, 0.3) is 0 Å². The summed E-state index contributed by atoms with van der Waals surface area (Å²) in [7, 11) is 1.53. The number of Topliss-reactive ketones (excluding diaryl/α,β-unsaturated/α-hetero) is 1. The number of carbonyl (C=O) groups is 2. The summed E-state index contributed by atoms with van der Waals surface area (Å²) in [6, 6.07) is 9.41. The molecule has 2 aliphatic rings. The predicted octanol–water partition coefficient (Wildman–Crippen LogP) is -0.0260. The van der Waals surface area contributed by atoms with Crippen LogP contribution in [0.15, 0.2) is 58.4 Å². The van der Waals surface area contributed by atoms with E-state index in [1.54, 1.807) is 30.3 Å². The smallest absolute Gasteiger partial charge is 0.239 e. The number of nitrogens with zero attached hydrogens (tertiary/aromatic N) is 1. The number of ether oxygens (including phenoxy) is 2. The van der Waals surface area contributed by atoms with Crippen molar-refractivity contribution < 1.29 is 33.5 Å². The lowest BCUT2D eigenvalue weighted by atomic mass is 9.94. The molecule has 0 bridgehead atoms. The molecule has 0 saturated carbocycles. The number of amides is 1. The van der Waals surface area contributed by atoms with Crippen molar-refractivity contribution in [3.8, 4) is 5.75 Å². The van der Waals surface area contributed by atoms with Gasteiger partial charge in [0.25, 0.3) is 0 Å². The second-order valence-electron chi connectivity index (χ2n) is 7.66. The molecule has 8 heteroatoms. The number of hydrogen-bond donors (Lipinski definition) is 1. The number of rotatable bonds is 8. The second-order valence-corrected chi connectivity index (χ2v) is 7.66. The maximum Gasteiger partial charge on any atom is 0.239 e. The molecule has 1 atom stereocenters. The summed E-state index contributed by atoms with van der Waals surface area (Å²) in [6.45, 7) is 4.55. The molecule has 0 radical (unpaired) electrons. The molecule has 1 aromatic heterocycles. The van der Waals surface area contributed by atoms with Gasteiger partial charge in [-0.3, -0.25) is 9.59 Å². The van der Waals surface area contributed by atoms with Crippen molar-refractivity contribution in [2.75, 3.05) is 46.5 Å². The highest BCUT2D eigenvalue weighted by molar-refractivity contribution is 6.14. The minimum Gasteiger partial charge on any atom is -0.868 e. The van der Waals surface area contributed by atoms with Crippen LogP contribution in [0.2, 0.25) is 0 Å². The molecule has 1 saturated heterocycles. The van der Waals surface area contributed by atoms with E-state index in [2.05, 4.69) is 0 Å². The van der Waals surface area contributed by atoms with Crippen molar-refractivity contribution in [2.45, 2.75) is 12.5 Å². The van der Waals surface area contributed by atoms with E-state index in [-0.39, 0.29) is 11.3 Å². The lowest BCUT2D eigenvalue weighted by Gasteiger charge is -2.30. The Bertz CT molecular complexity index is 962. The zero-order valence-corrected chi connectivity index (χ0v) is 17.5. The molecule has 1 N–H and O–H groups in total. The first-order chi connectivity index (χ1) is 15.1. The summed E-state index contributed by atoms with van der Waals surface area (Å²) >= 11 is 0. The van der Waals surface area contributed by atoms with Crippen molar-refractivity contribution in [1.82, 2.24) is 4.90 Å². The van der Waals surface area contributed by atoms with Crippen LogP contribution in [0, 0.1) is 0 Å². The van der Waals surface area contributed by atoms with E-state index in [1.807, 2.05) is 0 Å². The maximum absolute atomic E-state index is 13.1. The fourth-order valence-electron chi connectivity index (χ4n) is 4.27. The Morgan fingerprint density at radius 2 is 2.00 bits per heavy atom. The van der Waals surface area contributed by atoms with Gasteiger partial charge in [-0.05, 0) is 24.0 Å². The van der Waals surface area contributed by atoms with E-state index < -0.39 is 23.5 Å². The van der Waals surface area contributed by atoms with Crippen LogP contribution < -0.4 is 14.7 Å². The van der Waals surface area contributed by atoms with Crippen molar-refractivity contribution >= 4 is 11.7 Å². The quantitative estimate of drug-likeness (QED) is 0.596. The highest BCUT2D eigenvalue weighted by Gasteiger charge is 2.41. The van der Waals surface area contributed by atoms with Crippen molar-refractivity contribution in [3.05, 3.63) is 65.3 Å². The fraction of sp³-hybridized carbons (Fsp3) is 0.391. The van der Waals surface area contributed by atoms with Gasteiger partial charge in [0, 0.05) is 24.1 Å². The third kappa shape index (κ3) is 4.22. The van der Waals surface area contributed by atoms with Crippen LogP contribution in [0.3, 0.4) is 0 Å². The largest absolute Gasteiger partial charge is 0.868 e. The molecule has 8 nitrogen and oxygen atoms in total. The molecule has 4 rings (SSSR count). The Morgan fingerprint density at radius 3 is 2.71 bits per heavy atom. The van der Waals surface area contributed by atoms with Gasteiger partial charge in [0.05, 0.1) is 39.2 Å². The van der Waals surface area contributed by atoms with E-state index in [0.29, 0.717) is 24.3 Å². The van der Waals surface area contributed by atoms with Gasteiger partial charge in [0.1, 0.15) is 18.8 Å². The molecule has 2 aliphatic heterocycles. The van der Waals surface area contributed by atoms with Crippen LogP contribution in [0.1, 0.15) is 28.6 Å². The van der Waals surface area contributed by atoms with E-state index in [4.69, 9.17) is 13.9 Å². The SMILES string of the molecule is COc1ccccc1C1C(C(=O)c2ccco2)=C([O-])C(=O)N1CCC[NH+]1CCOCC1. The van der Waals surface area contributed by atoms with Gasteiger partial charge >= 0.3 is 0 Å². The Hall–Kier alpha value is -3.10. The average molecular weight is 426 g/mol. The highest BCUT2D eigenvalue weighted by Crippen LogP contribution is 2.41. The van der Waals surface area contributed by atoms with Crippen LogP contribution >= 0.6 is 0 Å². The number of benzene rings is 1. The first kappa shape index (κ1) is 21.1. The summed E-state index contributed by atoms with van der Waals surface area (Å²) in [5.41, 5.74) is 0.515. The molecular weight excluding hydrogens is 400 g/mol. The molecule has 1 amide bonds. The van der Waals surface area contributed by atoms with E-state index >= 15 is 0 Å². The number of carbonyl (C=O) groups excluding carboxylic acids is 2. The van der Waals surface area contributed by atoms with Crippen LogP contribution in [0.5, 0.6) is 5.75 Å². The number of para-hydroxylation sites is 1. The molecule has 3 heterocycles. The topological polar surface area (TPSA) is 96.5 Å². The molecule has 0 aliphatic carbocycles. The summed E-state index contributed by atoms with van der Waals surface area (Å²) < 4.78 is 16.1. The van der Waals surface area contributed by atoms with Gasteiger partial charge < -0.3 is 28.8 Å². The van der Waals surface area contributed by atoms with Crippen LogP contribution in [0.4, 0.5) is 0 Å². The zero-order chi connectivity index (χ0) is 21.8. The van der Waals surface area contributed by atoms with E-state index in [0.717, 1.165) is 32.8 Å². The van der Waals surface area contributed by atoms with Gasteiger partial charge in [-0.2, -0.15) is 0 Å². The average Bonchev–Trinajstić information content (AvgIpc) is 3.42. The van der Waals surface area contributed by atoms with Gasteiger partial charge in [-0.25, -0.2) is 0 Å². The predicted molar refractivity (Wildman–Crippen MR) is 109 cm³/mol. The lowest BCUT2D eigenvalue weighted by molar-refractivity contribution is -0.908. The Morgan fingerprint density at radius 1 is 1.23 bits per heavy atom. The third-order valence-corrected chi connectivity index (χ3v) is 5.84. The summed E-state index contributed by atoms with van der Waals surface area (Å²) in [6.07, 6.45) is 2.08. The number of quaternary nitrogens is 1. The Labute approximate surface area is 180 Å². The minimum atomic E-state index is -0.812. The maximum atomic E-state index is 13.1. The molecule has 0 spiro atoms. The summed E-state index contributed by atoms with van der Waals surface area (Å²) in [5, 5.41) is 12.9. The first-order valence-electron chi connectivity index (χ1n) is 10.5. The number of morpholine rings is 1. The number of furan rings is 1. The molecule has 31 heavy (non-hydrogen) atoms. The normalized spacial score (nSPS) is 19.8. The number of methoxy groups -OCH3 is 1. The van der Waals surface area contributed by atoms with Crippen molar-refractivity contribution in [2.24, 2.45) is 0 Å². The third-order valence-electron chi connectivity index (χ3n) is 5.84. The second kappa shape index (κ2) is 9.36. The Balaban J connectivity index is 1.63. The number of nitrogens with one attached hydrogen (secondary N) is 1. The highest BCUT2D eigenvalue weighted by atomic mass is 16.5. The van der Waals surface area contributed by atoms with Crippen molar-refractivity contribution in [1.29, 1.82) is 0 Å². The minimum absolute atomic E-state index is 0.0376. The van der Waals surface area contributed by atoms with E-state index in [1.165, 1.54) is 29.2 Å². The molecule has 1 aromatic carbocycles. The summed E-state index contributed by atoms with van der Waals surface area (Å²) in [5.74, 6) is -1.46. The van der Waals surface area contributed by atoms with Gasteiger partial charge in [-0.15, -0.1) is 0 Å². The zero-order valence-electron chi connectivity index (χ0n) is 17.5. The standard InChI is InChI=1S/C23H26N2O6/c1-29-17-7-3-2-6-16(17)20-19(21(26)18-8-4-13-31-18)22(27)23(28)25(20)10-5-9-24-11-14-30-15-12-24/h2-4,6-8,13,20,27H,5,9-12,14-15H2,1H3. The van der Waals surface area contributed by atoms with Crippen LogP contribution in [-0.2, 0) is 9.53 Å². The fourth-order valence-corrected chi connectivity index (χ4v) is 4.27. The van der Waals surface area contributed by atoms with Gasteiger partial charge in [0.2, 0.25) is 11.7 Å². The molecule has 164 valence electrons. The van der Waals surface area contributed by atoms with Gasteiger partial charge in [0.15, 0.2) is 5.76 Å². The first-order valence-corrected chi connectivity index (χ1v) is 10.5. The number of ketones is 1. The van der Waals surface area contributed by atoms with Crippen LogP contribution in [-0.4, -0.2) is 63.1 Å². The van der Waals surface area contributed by atoms with E-state index in [9.17, 15) is 14.7 Å². The Kier molecular flexibility index (Phi) is 6.39. The van der Waals surface area contributed by atoms with Crippen molar-refractivity contribution in [3.63, 3.8) is 0 Å². The molecule has 2 aromatic rings. The monoisotopic (exact) mass is 426 g/mol.